The van der Waals surface area contributed by atoms with Crippen molar-refractivity contribution in [2.75, 3.05) is 6.61 Å². The van der Waals surface area contributed by atoms with Crippen LogP contribution in [0.25, 0.3) is 0 Å². The van der Waals surface area contributed by atoms with E-state index in [1.807, 2.05) is 0 Å². The number of carbonyl (C=O) groups is 1. The molecule has 1 aromatic heterocycles. The molecule has 0 unspecified atom stereocenters. The van der Waals surface area contributed by atoms with Gasteiger partial charge in [0.1, 0.15) is 5.75 Å². The van der Waals surface area contributed by atoms with E-state index in [0.29, 0.717) is 0 Å². The third-order valence-electron chi connectivity index (χ3n) is 1.70. The van der Waals surface area contributed by atoms with Gasteiger partial charge in [0.05, 0.1) is 0 Å². The first-order valence-electron chi connectivity index (χ1n) is 4.31. The first-order chi connectivity index (χ1) is 7.83. The number of halogens is 4. The highest BCUT2D eigenvalue weighted by atomic mass is 19.3. The Labute approximate surface area is 92.8 Å². The molecule has 17 heavy (non-hydrogen) atoms. The van der Waals surface area contributed by atoms with Gasteiger partial charge in [-0.25, -0.2) is 18.6 Å². The van der Waals surface area contributed by atoms with Crippen LogP contribution in [0.2, 0.25) is 0 Å². The Morgan fingerprint density at radius 1 is 1.53 bits per heavy atom. The lowest BCUT2D eigenvalue weighted by molar-refractivity contribution is -0.148. The lowest BCUT2D eigenvalue weighted by Crippen LogP contribution is -2.33. The van der Waals surface area contributed by atoms with Gasteiger partial charge in [-0.15, -0.1) is 0 Å². The molecule has 0 fully saturated rings. The highest BCUT2D eigenvalue weighted by Crippen LogP contribution is 2.24. The number of carboxylic acid groups (broad SMARTS) is 1. The average molecular weight is 253 g/mol. The highest BCUT2D eigenvalue weighted by Gasteiger charge is 2.41. The van der Waals surface area contributed by atoms with Crippen molar-refractivity contribution < 1.29 is 32.2 Å². The van der Waals surface area contributed by atoms with Gasteiger partial charge in [-0.3, -0.25) is 0 Å². The molecule has 1 rings (SSSR count). The summed E-state index contributed by atoms with van der Waals surface area (Å²) in [5, 5.41) is 8.54. The molecule has 0 aliphatic heterocycles. The van der Waals surface area contributed by atoms with E-state index in [2.05, 4.69) is 9.72 Å². The zero-order valence-corrected chi connectivity index (χ0v) is 8.24. The van der Waals surface area contributed by atoms with Crippen LogP contribution in [0.1, 0.15) is 10.5 Å². The fourth-order valence-corrected chi connectivity index (χ4v) is 0.860. The van der Waals surface area contributed by atoms with Gasteiger partial charge < -0.3 is 9.84 Å². The Morgan fingerprint density at radius 3 is 2.71 bits per heavy atom. The Balaban J connectivity index is 2.70. The number of alkyl halides is 4. The number of carboxylic acids is 1. The summed E-state index contributed by atoms with van der Waals surface area (Å²) in [7, 11) is 0. The molecule has 0 spiro atoms. The number of nitrogens with zero attached hydrogens (tertiary/aromatic N) is 1. The normalized spacial score (nSPS) is 11.6. The van der Waals surface area contributed by atoms with Crippen LogP contribution in [0.5, 0.6) is 5.75 Å². The fourth-order valence-electron chi connectivity index (χ4n) is 0.860. The first-order valence-corrected chi connectivity index (χ1v) is 4.31. The van der Waals surface area contributed by atoms with E-state index in [1.165, 1.54) is 0 Å². The van der Waals surface area contributed by atoms with Gasteiger partial charge >= 0.3 is 18.3 Å². The zero-order valence-electron chi connectivity index (χ0n) is 8.24. The number of hydrogen-bond acceptors (Lipinski definition) is 3. The Kier molecular flexibility index (Phi) is 3.87. The molecular formula is C9H7F4NO3. The molecule has 8 heteroatoms. The molecular weight excluding hydrogens is 246 g/mol. The molecule has 0 aromatic carbocycles. The predicted octanol–water partition coefficient (Wildman–Crippen LogP) is 2.06. The Morgan fingerprint density at radius 2 is 2.18 bits per heavy atom. The third-order valence-corrected chi connectivity index (χ3v) is 1.70. The van der Waals surface area contributed by atoms with Gasteiger partial charge in [-0.05, 0) is 6.07 Å². The van der Waals surface area contributed by atoms with E-state index >= 15 is 0 Å². The van der Waals surface area contributed by atoms with Gasteiger partial charge in [0.2, 0.25) is 0 Å². The summed E-state index contributed by atoms with van der Waals surface area (Å²) in [6.45, 7) is -1.53. The number of hydrogen-bond donors (Lipinski definition) is 1. The van der Waals surface area contributed by atoms with Crippen LogP contribution >= 0.6 is 0 Å². The highest BCUT2D eigenvalue weighted by molar-refractivity contribution is 5.85. The molecule has 0 bridgehead atoms. The molecule has 0 radical (unpaired) electrons. The van der Waals surface area contributed by atoms with Gasteiger partial charge in [-0.2, -0.15) is 8.78 Å². The summed E-state index contributed by atoms with van der Waals surface area (Å²) in [6.07, 6.45) is -2.83. The number of pyridine rings is 1. The SMILES string of the molecule is O=C(O)c1cc(OCC(F)(F)C(F)F)ccn1. The summed E-state index contributed by atoms with van der Waals surface area (Å²) < 4.78 is 52.9. The smallest absolute Gasteiger partial charge is 0.354 e. The summed E-state index contributed by atoms with van der Waals surface area (Å²) in [6, 6.07) is 1.96. The van der Waals surface area contributed by atoms with Crippen molar-refractivity contribution in [1.29, 1.82) is 0 Å². The van der Waals surface area contributed by atoms with Crippen LogP contribution in [-0.4, -0.2) is 35.0 Å². The van der Waals surface area contributed by atoms with Gasteiger partial charge in [0.25, 0.3) is 0 Å². The molecule has 1 N–H and O–H groups in total. The molecule has 1 aromatic rings. The molecule has 94 valence electrons. The van der Waals surface area contributed by atoms with Crippen LogP contribution in [0, 0.1) is 0 Å². The van der Waals surface area contributed by atoms with Crippen molar-refractivity contribution in [2.45, 2.75) is 12.3 Å². The second-order valence-corrected chi connectivity index (χ2v) is 3.03. The van der Waals surface area contributed by atoms with Crippen molar-refractivity contribution >= 4 is 5.97 Å². The van der Waals surface area contributed by atoms with Crippen LogP contribution < -0.4 is 4.74 Å². The van der Waals surface area contributed by atoms with Gasteiger partial charge in [0.15, 0.2) is 12.3 Å². The molecule has 0 amide bonds. The van der Waals surface area contributed by atoms with Gasteiger partial charge in [0, 0.05) is 12.3 Å². The quantitative estimate of drug-likeness (QED) is 0.816. The van der Waals surface area contributed by atoms with Crippen molar-refractivity contribution in [2.24, 2.45) is 0 Å². The van der Waals surface area contributed by atoms with Crippen molar-refractivity contribution in [3.8, 4) is 5.75 Å². The zero-order chi connectivity index (χ0) is 13.1. The minimum atomic E-state index is -4.29. The van der Waals surface area contributed by atoms with E-state index in [9.17, 15) is 22.4 Å². The maximum atomic E-state index is 12.5. The monoisotopic (exact) mass is 253 g/mol. The van der Waals surface area contributed by atoms with Gasteiger partial charge in [-0.1, -0.05) is 0 Å². The van der Waals surface area contributed by atoms with Crippen molar-refractivity contribution in [3.63, 3.8) is 0 Å². The largest absolute Gasteiger partial charge is 0.487 e. The molecule has 0 atom stereocenters. The standard InChI is InChI=1S/C9H7F4NO3/c10-8(11)9(12,13)4-17-5-1-2-14-6(3-5)7(15)16/h1-3,8H,4H2,(H,15,16). The number of aromatic nitrogens is 1. The predicted molar refractivity (Wildman–Crippen MR) is 47.6 cm³/mol. The first kappa shape index (κ1) is 13.2. The molecule has 0 saturated heterocycles. The van der Waals surface area contributed by atoms with Crippen LogP contribution in [0.15, 0.2) is 18.3 Å². The van der Waals surface area contributed by atoms with E-state index < -0.39 is 30.6 Å². The molecule has 0 aliphatic carbocycles. The minimum absolute atomic E-state index is 0.266. The molecule has 4 nitrogen and oxygen atoms in total. The Hall–Kier alpha value is -1.86. The second-order valence-electron chi connectivity index (χ2n) is 3.03. The molecule has 0 saturated carbocycles. The van der Waals surface area contributed by atoms with E-state index in [1.54, 1.807) is 0 Å². The maximum absolute atomic E-state index is 12.5. The fraction of sp³-hybridized carbons (Fsp3) is 0.333. The van der Waals surface area contributed by atoms with Crippen LogP contribution in [0.4, 0.5) is 17.6 Å². The topological polar surface area (TPSA) is 59.4 Å². The average Bonchev–Trinajstić information content (AvgIpc) is 2.26. The summed E-state index contributed by atoms with van der Waals surface area (Å²) in [4.78, 5) is 13.9. The second kappa shape index (κ2) is 4.98. The number of rotatable bonds is 5. The van der Waals surface area contributed by atoms with Crippen LogP contribution in [0.3, 0.4) is 0 Å². The number of aromatic carboxylic acids is 1. The minimum Gasteiger partial charge on any atom is -0.487 e. The maximum Gasteiger partial charge on any atom is 0.354 e. The Bertz CT molecular complexity index is 411. The summed E-state index contributed by atoms with van der Waals surface area (Å²) in [5.74, 6) is -5.93. The van der Waals surface area contributed by atoms with Crippen LogP contribution in [-0.2, 0) is 0 Å². The van der Waals surface area contributed by atoms with Crippen molar-refractivity contribution in [3.05, 3.63) is 24.0 Å². The lowest BCUT2D eigenvalue weighted by Gasteiger charge is -2.15. The molecule has 0 aliphatic rings. The van der Waals surface area contributed by atoms with Crippen molar-refractivity contribution in [1.82, 2.24) is 4.98 Å². The van der Waals surface area contributed by atoms with E-state index in [-0.39, 0.29) is 5.75 Å². The summed E-state index contributed by atoms with van der Waals surface area (Å²) >= 11 is 0. The van der Waals surface area contributed by atoms with E-state index in [0.717, 1.165) is 18.3 Å². The van der Waals surface area contributed by atoms with E-state index in [4.69, 9.17) is 5.11 Å². The lowest BCUT2D eigenvalue weighted by atomic mass is 10.3. The number of ether oxygens (including phenoxy) is 1. The summed E-state index contributed by atoms with van der Waals surface area (Å²) in [5.41, 5.74) is -0.428. The molecule has 1 heterocycles. The third kappa shape index (κ3) is 3.58.